The van der Waals surface area contributed by atoms with Crippen LogP contribution in [0.5, 0.6) is 5.75 Å². The number of nitrogens with one attached hydrogen (secondary N) is 1. The van der Waals surface area contributed by atoms with Crippen LogP contribution >= 0.6 is 11.8 Å². The van der Waals surface area contributed by atoms with Crippen molar-refractivity contribution in [3.8, 4) is 5.75 Å². The Bertz CT molecular complexity index is 1250. The largest absolute Gasteiger partial charge is 0.488 e. The summed E-state index contributed by atoms with van der Waals surface area (Å²) in [5.41, 5.74) is 5.80. The lowest BCUT2D eigenvalue weighted by Crippen LogP contribution is -2.41. The zero-order valence-electron chi connectivity index (χ0n) is 21.9. The van der Waals surface area contributed by atoms with Gasteiger partial charge in [0.1, 0.15) is 12.4 Å². The van der Waals surface area contributed by atoms with Gasteiger partial charge >= 0.3 is 5.97 Å². The molecule has 1 aliphatic heterocycles. The van der Waals surface area contributed by atoms with Gasteiger partial charge in [0.2, 0.25) is 0 Å². The van der Waals surface area contributed by atoms with Crippen molar-refractivity contribution in [2.24, 2.45) is 5.92 Å². The molecule has 6 heteroatoms. The topological polar surface area (TPSA) is 61.8 Å². The number of carbonyl (C=O) groups is 1. The molecular formula is C32H36N2O3S. The van der Waals surface area contributed by atoms with Gasteiger partial charge < -0.3 is 20.1 Å². The van der Waals surface area contributed by atoms with E-state index >= 15 is 0 Å². The van der Waals surface area contributed by atoms with E-state index in [1.807, 2.05) is 30.3 Å². The summed E-state index contributed by atoms with van der Waals surface area (Å²) in [5.74, 6) is 0.724. The molecule has 2 N–H and O–H groups in total. The smallest absolute Gasteiger partial charge is 0.335 e. The summed E-state index contributed by atoms with van der Waals surface area (Å²) in [6, 6.07) is 23.8. The Balaban J connectivity index is 1.33. The molecule has 0 radical (unpaired) electrons. The third-order valence-corrected chi connectivity index (χ3v) is 8.49. The molecule has 38 heavy (non-hydrogen) atoms. The molecule has 0 aromatic heterocycles. The van der Waals surface area contributed by atoms with Gasteiger partial charge in [-0.3, -0.25) is 0 Å². The Hall–Kier alpha value is -3.38. The van der Waals surface area contributed by atoms with Crippen LogP contribution in [0.1, 0.15) is 65.6 Å². The van der Waals surface area contributed by atoms with Crippen LogP contribution in [0.2, 0.25) is 0 Å². The van der Waals surface area contributed by atoms with Crippen LogP contribution < -0.4 is 15.0 Å². The minimum absolute atomic E-state index is 0.0201. The van der Waals surface area contributed by atoms with Gasteiger partial charge in [0.05, 0.1) is 11.3 Å². The number of thioether (sulfide) groups is 1. The number of nitrogens with zero attached hydrogens (tertiary/aromatic N) is 1. The lowest BCUT2D eigenvalue weighted by molar-refractivity contribution is 0.0697. The van der Waals surface area contributed by atoms with E-state index in [9.17, 15) is 9.90 Å². The van der Waals surface area contributed by atoms with Gasteiger partial charge in [0.15, 0.2) is 5.50 Å². The third-order valence-electron chi connectivity index (χ3n) is 7.49. The lowest BCUT2D eigenvalue weighted by Gasteiger charge is -2.33. The van der Waals surface area contributed by atoms with Gasteiger partial charge in [0.25, 0.3) is 0 Å². The molecule has 1 heterocycles. The van der Waals surface area contributed by atoms with Crippen LogP contribution in [-0.4, -0.2) is 23.1 Å². The molecular weight excluding hydrogens is 492 g/mol. The van der Waals surface area contributed by atoms with Gasteiger partial charge in [-0.1, -0.05) is 85.8 Å². The average molecular weight is 529 g/mol. The molecule has 0 bridgehead atoms. The number of aromatic carboxylic acids is 1. The van der Waals surface area contributed by atoms with Crippen molar-refractivity contribution >= 4 is 29.1 Å². The molecule has 198 valence electrons. The molecule has 1 fully saturated rings. The molecule has 1 atom stereocenters. The van der Waals surface area contributed by atoms with Gasteiger partial charge in [-0.15, -0.1) is 0 Å². The Morgan fingerprint density at radius 1 is 1.03 bits per heavy atom. The first-order chi connectivity index (χ1) is 18.6. The monoisotopic (exact) mass is 528 g/mol. The van der Waals surface area contributed by atoms with Crippen molar-refractivity contribution in [2.45, 2.75) is 57.6 Å². The van der Waals surface area contributed by atoms with Crippen molar-refractivity contribution in [3.63, 3.8) is 0 Å². The zero-order chi connectivity index (χ0) is 26.3. The number of benzene rings is 3. The summed E-state index contributed by atoms with van der Waals surface area (Å²) < 4.78 is 6.27. The fourth-order valence-electron chi connectivity index (χ4n) is 5.32. The minimum Gasteiger partial charge on any atom is -0.488 e. The maximum Gasteiger partial charge on any atom is 0.335 e. The molecule has 0 spiro atoms. The summed E-state index contributed by atoms with van der Waals surface area (Å²) >= 11 is 1.76. The summed E-state index contributed by atoms with van der Waals surface area (Å²) in [6.07, 6.45) is 7.79. The average Bonchev–Trinajstić information content (AvgIpc) is 3.44. The summed E-state index contributed by atoms with van der Waals surface area (Å²) in [6.45, 7) is 3.54. The highest BCUT2D eigenvalue weighted by Crippen LogP contribution is 2.37. The quantitative estimate of drug-likeness (QED) is 0.282. The summed E-state index contributed by atoms with van der Waals surface area (Å²) in [4.78, 5) is 13.8. The summed E-state index contributed by atoms with van der Waals surface area (Å²) in [7, 11) is 0. The number of carboxylic acid groups (broad SMARTS) is 1. The van der Waals surface area contributed by atoms with Crippen molar-refractivity contribution in [1.82, 2.24) is 5.32 Å². The van der Waals surface area contributed by atoms with Crippen molar-refractivity contribution in [3.05, 3.63) is 100 Å². The lowest BCUT2D eigenvalue weighted by atomic mass is 9.87. The fraction of sp³-hybridized carbons (Fsp3) is 0.344. The van der Waals surface area contributed by atoms with E-state index in [4.69, 9.17) is 4.74 Å². The molecule has 3 aromatic rings. The highest BCUT2D eigenvalue weighted by atomic mass is 32.2. The van der Waals surface area contributed by atoms with Crippen LogP contribution in [0.25, 0.3) is 5.70 Å². The molecule has 2 aliphatic rings. The van der Waals surface area contributed by atoms with Crippen molar-refractivity contribution in [2.75, 3.05) is 11.4 Å². The second-order valence-electron chi connectivity index (χ2n) is 10.3. The first kappa shape index (κ1) is 26.2. The Labute approximate surface area is 229 Å². The first-order valence-corrected chi connectivity index (χ1v) is 14.5. The van der Waals surface area contributed by atoms with Crippen LogP contribution in [0.4, 0.5) is 5.69 Å². The van der Waals surface area contributed by atoms with E-state index in [2.05, 4.69) is 52.9 Å². The normalized spacial score (nSPS) is 17.5. The number of rotatable bonds is 10. The van der Waals surface area contributed by atoms with Crippen LogP contribution in [-0.2, 0) is 6.61 Å². The standard InChI is InChI=1S/C32H36N2O3S/c1-23-12-17-30(37-21-25-10-6-3-7-11-25)28(20-23)29-22-38-32(33-29)34(19-18-24-8-4-2-5-9-24)27-15-13-26(14-16-27)31(35)36/h3,6-7,10-17,20,22,24,32-33H,2,4-5,8-9,18-19,21H2,1H3,(H,35,36). The zero-order valence-corrected chi connectivity index (χ0v) is 22.8. The molecule has 5 rings (SSSR count). The highest BCUT2D eigenvalue weighted by molar-refractivity contribution is 8.03. The predicted octanol–water partition coefficient (Wildman–Crippen LogP) is 7.67. The van der Waals surface area contributed by atoms with Crippen LogP contribution in [0.15, 0.2) is 78.2 Å². The molecule has 1 saturated carbocycles. The fourth-order valence-corrected chi connectivity index (χ4v) is 6.35. The SMILES string of the molecule is Cc1ccc(OCc2ccccc2)c(C2=CSC(N(CCC3CCCCC3)c3ccc(C(=O)O)cc3)N2)c1. The maximum atomic E-state index is 11.4. The molecule has 5 nitrogen and oxygen atoms in total. The van der Waals surface area contributed by atoms with Crippen molar-refractivity contribution in [1.29, 1.82) is 0 Å². The highest BCUT2D eigenvalue weighted by Gasteiger charge is 2.27. The Kier molecular flexibility index (Phi) is 8.59. The number of carboxylic acids is 1. The minimum atomic E-state index is -0.898. The molecule has 1 aliphatic carbocycles. The number of hydrogen-bond acceptors (Lipinski definition) is 5. The second kappa shape index (κ2) is 12.4. The van der Waals surface area contributed by atoms with E-state index in [1.165, 1.54) is 37.7 Å². The molecule has 0 saturated heterocycles. The number of hydrogen-bond donors (Lipinski definition) is 2. The number of ether oxygens (including phenoxy) is 1. The maximum absolute atomic E-state index is 11.4. The van der Waals surface area contributed by atoms with E-state index < -0.39 is 5.97 Å². The van der Waals surface area contributed by atoms with E-state index in [-0.39, 0.29) is 5.50 Å². The molecule has 3 aromatic carbocycles. The van der Waals surface area contributed by atoms with Gasteiger partial charge in [0, 0.05) is 17.8 Å². The van der Waals surface area contributed by atoms with E-state index in [1.54, 1.807) is 23.9 Å². The molecule has 1 unspecified atom stereocenters. The van der Waals surface area contributed by atoms with Gasteiger partial charge in [-0.2, -0.15) is 0 Å². The van der Waals surface area contributed by atoms with Gasteiger partial charge in [-0.05, 0) is 66.6 Å². The summed E-state index contributed by atoms with van der Waals surface area (Å²) in [5, 5.41) is 15.3. The number of anilines is 1. The Morgan fingerprint density at radius 2 is 1.79 bits per heavy atom. The molecule has 0 amide bonds. The second-order valence-corrected chi connectivity index (χ2v) is 11.2. The third kappa shape index (κ3) is 6.54. The van der Waals surface area contributed by atoms with E-state index in [0.717, 1.165) is 47.1 Å². The van der Waals surface area contributed by atoms with Gasteiger partial charge in [-0.25, -0.2) is 4.79 Å². The number of aryl methyl sites for hydroxylation is 1. The van der Waals surface area contributed by atoms with E-state index in [0.29, 0.717) is 12.2 Å². The Morgan fingerprint density at radius 3 is 2.53 bits per heavy atom. The first-order valence-electron chi connectivity index (χ1n) is 13.6. The van der Waals surface area contributed by atoms with Crippen LogP contribution in [0, 0.1) is 12.8 Å². The van der Waals surface area contributed by atoms with Crippen molar-refractivity contribution < 1.29 is 14.6 Å². The predicted molar refractivity (Wildman–Crippen MR) is 156 cm³/mol. The van der Waals surface area contributed by atoms with Crippen LogP contribution in [0.3, 0.4) is 0 Å².